The lowest BCUT2D eigenvalue weighted by Crippen LogP contribution is -2.59. The Morgan fingerprint density at radius 2 is 1.57 bits per heavy atom. The molecule has 5 aliphatic carbocycles. The van der Waals surface area contributed by atoms with Crippen molar-refractivity contribution >= 4 is 5.97 Å². The summed E-state index contributed by atoms with van der Waals surface area (Å²) < 4.78 is 18.8. The summed E-state index contributed by atoms with van der Waals surface area (Å²) in [6.07, 6.45) is 8.99. The van der Waals surface area contributed by atoms with E-state index in [1.807, 2.05) is 0 Å². The largest absolute Gasteiger partial charge is 0.459 e. The van der Waals surface area contributed by atoms with Gasteiger partial charge in [0.2, 0.25) is 0 Å². The zero-order valence-corrected chi connectivity index (χ0v) is 27.4. The first-order valence-corrected chi connectivity index (χ1v) is 17.5. The summed E-state index contributed by atoms with van der Waals surface area (Å²) in [7, 11) is 0. The van der Waals surface area contributed by atoms with Gasteiger partial charge in [0.05, 0.1) is 30.3 Å². The molecule has 2 aliphatic heterocycles. The fourth-order valence-corrected chi connectivity index (χ4v) is 13.3. The molecule has 0 aromatic heterocycles. The highest BCUT2D eigenvalue weighted by Gasteiger charge is 2.84. The molecular weight excluding hydrogens is 528 g/mol. The number of hydrogen-bond donors (Lipinski definition) is 2. The topological polar surface area (TPSA) is 85.2 Å². The quantitative estimate of drug-likeness (QED) is 0.384. The molecule has 2 N–H and O–H groups in total. The summed E-state index contributed by atoms with van der Waals surface area (Å²) in [6, 6.07) is 0. The standard InChI is InChI=1S/C36H58O6/c1-20(2)28(42-31(39)22-11-16-40-17-12-22)23-18-21(3)27-29(41-23)30(38)34(7)25-9-8-24-32(4,5)26(37)10-13-35(24)19-36(25,35)15-14-33(27,34)6/h20-30,37-38H,8-19H2,1-7H3/t21-,23?,24+,25?,26?,27+,28?,29?,30+,33?,34-,35?,36?/m1/s1. The van der Waals surface area contributed by atoms with Gasteiger partial charge in [-0.15, -0.1) is 0 Å². The first-order valence-electron chi connectivity index (χ1n) is 17.5. The molecule has 6 nitrogen and oxygen atoms in total. The summed E-state index contributed by atoms with van der Waals surface area (Å²) >= 11 is 0. The van der Waals surface area contributed by atoms with Gasteiger partial charge in [-0.25, -0.2) is 0 Å². The third-order valence-corrected chi connectivity index (χ3v) is 15.6. The van der Waals surface area contributed by atoms with Crippen LogP contribution in [0.25, 0.3) is 0 Å². The Morgan fingerprint density at radius 1 is 0.905 bits per heavy atom. The van der Waals surface area contributed by atoms with Crippen LogP contribution in [0.4, 0.5) is 0 Å². The van der Waals surface area contributed by atoms with E-state index < -0.39 is 6.10 Å². The Hall–Kier alpha value is -0.690. The van der Waals surface area contributed by atoms with Crippen molar-refractivity contribution in [3.63, 3.8) is 0 Å². The van der Waals surface area contributed by atoms with E-state index in [4.69, 9.17) is 14.2 Å². The maximum Gasteiger partial charge on any atom is 0.309 e. The highest BCUT2D eigenvalue weighted by atomic mass is 16.6. The Morgan fingerprint density at radius 3 is 2.26 bits per heavy atom. The van der Waals surface area contributed by atoms with Crippen molar-refractivity contribution in [3.05, 3.63) is 0 Å². The van der Waals surface area contributed by atoms with Crippen molar-refractivity contribution in [1.82, 2.24) is 0 Å². The van der Waals surface area contributed by atoms with Crippen LogP contribution in [0, 0.1) is 62.6 Å². The van der Waals surface area contributed by atoms with E-state index in [1.54, 1.807) is 0 Å². The molecule has 7 rings (SSSR count). The molecule has 7 fully saturated rings. The van der Waals surface area contributed by atoms with Crippen LogP contribution in [0.2, 0.25) is 0 Å². The van der Waals surface area contributed by atoms with Crippen LogP contribution in [-0.4, -0.2) is 59.9 Å². The lowest BCUT2D eigenvalue weighted by atomic mass is 9.41. The van der Waals surface area contributed by atoms with Gasteiger partial charge in [0.1, 0.15) is 6.10 Å². The molecule has 13 atom stereocenters. The SMILES string of the molecule is CC(C)C(OC(=O)C1CCOCC1)C1C[C@@H](C)[C@H]2C(O1)[C@H](O)[C@@]1(C)C3CC[C@H]4C(C)(C)C(O)CCC45CC35CCC21C. The van der Waals surface area contributed by atoms with Gasteiger partial charge in [-0.2, -0.15) is 0 Å². The second kappa shape index (κ2) is 9.66. The molecule has 0 amide bonds. The van der Waals surface area contributed by atoms with Gasteiger partial charge in [0, 0.05) is 18.6 Å². The summed E-state index contributed by atoms with van der Waals surface area (Å²) in [5, 5.41) is 23.5. The van der Waals surface area contributed by atoms with E-state index in [0.717, 1.165) is 44.9 Å². The molecule has 2 spiro atoms. The maximum atomic E-state index is 13.2. The number of carbonyl (C=O) groups is 1. The molecule has 2 heterocycles. The van der Waals surface area contributed by atoms with Crippen LogP contribution >= 0.6 is 0 Å². The van der Waals surface area contributed by atoms with Crippen LogP contribution in [0.1, 0.15) is 113 Å². The number of rotatable bonds is 4. The minimum atomic E-state index is -0.518. The monoisotopic (exact) mass is 586 g/mol. The predicted molar refractivity (Wildman–Crippen MR) is 160 cm³/mol. The molecule has 0 radical (unpaired) electrons. The number of hydrogen-bond acceptors (Lipinski definition) is 6. The fourth-order valence-electron chi connectivity index (χ4n) is 13.3. The van der Waals surface area contributed by atoms with Gasteiger partial charge >= 0.3 is 5.97 Å². The lowest BCUT2D eigenvalue weighted by Gasteiger charge is -2.63. The molecule has 0 bridgehead atoms. The lowest BCUT2D eigenvalue weighted by molar-refractivity contribution is -0.200. The molecule has 42 heavy (non-hydrogen) atoms. The van der Waals surface area contributed by atoms with Gasteiger partial charge in [-0.05, 0) is 115 Å². The first kappa shape index (κ1) is 30.0. The van der Waals surface area contributed by atoms with Crippen LogP contribution in [0.3, 0.4) is 0 Å². The fraction of sp³-hybridized carbons (Fsp3) is 0.972. The summed E-state index contributed by atoms with van der Waals surface area (Å²) in [4.78, 5) is 13.2. The molecule has 8 unspecified atom stereocenters. The third-order valence-electron chi connectivity index (χ3n) is 15.6. The summed E-state index contributed by atoms with van der Waals surface area (Å²) in [5.41, 5.74) is 0.425. The van der Waals surface area contributed by atoms with Crippen LogP contribution in [0.15, 0.2) is 0 Å². The molecular formula is C36H58O6. The van der Waals surface area contributed by atoms with E-state index >= 15 is 0 Å². The van der Waals surface area contributed by atoms with Crippen molar-refractivity contribution in [1.29, 1.82) is 0 Å². The molecule has 6 heteroatoms. The number of fused-ring (bicyclic) bond motifs is 4. The molecule has 0 aromatic rings. The summed E-state index contributed by atoms with van der Waals surface area (Å²) in [5.74, 6) is 1.72. The average Bonchev–Trinajstić information content (AvgIpc) is 3.59. The van der Waals surface area contributed by atoms with E-state index in [0.29, 0.717) is 47.7 Å². The minimum absolute atomic E-state index is 0.0177. The van der Waals surface area contributed by atoms with Gasteiger partial charge in [-0.1, -0.05) is 48.5 Å². The second-order valence-electron chi connectivity index (χ2n) is 17.6. The Labute approximate surface area is 254 Å². The van der Waals surface area contributed by atoms with Gasteiger partial charge < -0.3 is 24.4 Å². The molecule has 0 aromatic carbocycles. The van der Waals surface area contributed by atoms with Crippen molar-refractivity contribution in [2.45, 2.75) is 143 Å². The number of ether oxygens (including phenoxy) is 3. The van der Waals surface area contributed by atoms with Gasteiger partial charge in [-0.3, -0.25) is 4.79 Å². The van der Waals surface area contributed by atoms with E-state index in [-0.39, 0.29) is 58.5 Å². The van der Waals surface area contributed by atoms with Crippen molar-refractivity contribution in [3.8, 4) is 0 Å². The highest BCUT2D eigenvalue weighted by molar-refractivity contribution is 5.72. The average molecular weight is 587 g/mol. The Bertz CT molecular complexity index is 1080. The number of carbonyl (C=O) groups excluding carboxylic acids is 1. The van der Waals surface area contributed by atoms with Crippen LogP contribution < -0.4 is 0 Å². The third kappa shape index (κ3) is 3.67. The summed E-state index contributed by atoms with van der Waals surface area (Å²) in [6.45, 7) is 17.5. The van der Waals surface area contributed by atoms with Crippen molar-refractivity contribution < 1.29 is 29.2 Å². The number of aliphatic hydroxyl groups is 2. The number of aliphatic hydroxyl groups excluding tert-OH is 2. The minimum Gasteiger partial charge on any atom is -0.459 e. The predicted octanol–water partition coefficient (Wildman–Crippen LogP) is 6.16. The normalized spacial score (nSPS) is 53.7. The maximum absolute atomic E-state index is 13.2. The number of esters is 1. The molecule has 238 valence electrons. The van der Waals surface area contributed by atoms with Crippen LogP contribution in [0.5, 0.6) is 0 Å². The smallest absolute Gasteiger partial charge is 0.309 e. The van der Waals surface area contributed by atoms with Gasteiger partial charge in [0.15, 0.2) is 0 Å². The first-order chi connectivity index (χ1) is 19.7. The zero-order valence-electron chi connectivity index (χ0n) is 27.4. The molecule has 7 aliphatic rings. The van der Waals surface area contributed by atoms with Crippen molar-refractivity contribution in [2.24, 2.45) is 62.6 Å². The van der Waals surface area contributed by atoms with E-state index in [2.05, 4.69) is 48.5 Å². The Balaban J connectivity index is 1.16. The van der Waals surface area contributed by atoms with E-state index in [9.17, 15) is 15.0 Å². The zero-order chi connectivity index (χ0) is 30.0. The van der Waals surface area contributed by atoms with Crippen LogP contribution in [-0.2, 0) is 19.0 Å². The molecule has 5 saturated carbocycles. The van der Waals surface area contributed by atoms with Crippen molar-refractivity contribution in [2.75, 3.05) is 13.2 Å². The highest BCUT2D eigenvalue weighted by Crippen LogP contribution is 2.89. The van der Waals surface area contributed by atoms with E-state index in [1.165, 1.54) is 19.3 Å². The molecule has 2 saturated heterocycles. The van der Waals surface area contributed by atoms with Gasteiger partial charge in [0.25, 0.3) is 0 Å². The Kier molecular flexibility index (Phi) is 6.90. The second-order valence-corrected chi connectivity index (χ2v) is 17.6.